The molecule has 0 spiro atoms. The number of rotatable bonds is 9. The molecule has 11 heteroatoms. The van der Waals surface area contributed by atoms with Gasteiger partial charge in [0, 0.05) is 22.0 Å². The molecule has 33 heavy (non-hydrogen) atoms. The maximum atomic E-state index is 14.2. The molecule has 1 aliphatic carbocycles. The van der Waals surface area contributed by atoms with Crippen molar-refractivity contribution in [3.05, 3.63) is 81.8 Å². The Morgan fingerprint density at radius 1 is 1.27 bits per heavy atom. The van der Waals surface area contributed by atoms with Crippen molar-refractivity contribution in [2.75, 3.05) is 6.54 Å². The van der Waals surface area contributed by atoms with E-state index in [1.54, 1.807) is 24.3 Å². The molecule has 1 heterocycles. The van der Waals surface area contributed by atoms with Crippen LogP contribution in [0, 0.1) is 11.7 Å². The molecule has 3 aromatic rings. The molecule has 1 aliphatic rings. The Morgan fingerprint density at radius 3 is 2.67 bits per heavy atom. The molecular formula is C22H18FN5O5. The van der Waals surface area contributed by atoms with Gasteiger partial charge in [-0.3, -0.25) is 4.79 Å². The van der Waals surface area contributed by atoms with Crippen LogP contribution in [0.3, 0.4) is 0 Å². The third-order valence-electron chi connectivity index (χ3n) is 5.07. The predicted octanol–water partition coefficient (Wildman–Crippen LogP) is 4.53. The summed E-state index contributed by atoms with van der Waals surface area (Å²) in [5, 5.41) is 3.55. The number of aromatic nitrogens is 1. The molecular weight excluding hydrogens is 433 g/mol. The molecule has 0 bridgehead atoms. The van der Waals surface area contributed by atoms with Crippen LogP contribution in [0.1, 0.15) is 45.4 Å². The number of oxazole rings is 1. The van der Waals surface area contributed by atoms with Crippen LogP contribution in [-0.4, -0.2) is 23.3 Å². The fraction of sp³-hybridized carbons (Fsp3) is 0.227. The average Bonchev–Trinajstić information content (AvgIpc) is 3.57. The summed E-state index contributed by atoms with van der Waals surface area (Å²) in [6, 6.07) is 10.4. The van der Waals surface area contributed by atoms with Gasteiger partial charge in [-0.05, 0) is 60.8 Å². The fourth-order valence-corrected chi connectivity index (χ4v) is 3.19. The smallest absolute Gasteiger partial charge is 0.359 e. The number of carbonyl (C=O) groups excluding carboxylic acids is 2. The Hall–Kier alpha value is -4.21. The van der Waals surface area contributed by atoms with Gasteiger partial charge in [0.05, 0.1) is 12.1 Å². The van der Waals surface area contributed by atoms with Crippen LogP contribution in [-0.2, 0) is 4.84 Å². The Balaban J connectivity index is 1.53. The van der Waals surface area contributed by atoms with E-state index < -0.39 is 17.9 Å². The van der Waals surface area contributed by atoms with E-state index in [9.17, 15) is 14.0 Å². The highest BCUT2D eigenvalue weighted by atomic mass is 19.1. The minimum atomic E-state index is -1.01. The third kappa shape index (κ3) is 5.00. The largest absolute Gasteiger partial charge is 0.484 e. The van der Waals surface area contributed by atoms with E-state index in [4.69, 9.17) is 20.6 Å². The molecule has 0 radical (unpaired) electrons. The second kappa shape index (κ2) is 9.51. The van der Waals surface area contributed by atoms with Gasteiger partial charge in [0.25, 0.3) is 0 Å². The first-order valence-electron chi connectivity index (χ1n) is 9.98. The van der Waals surface area contributed by atoms with E-state index in [2.05, 4.69) is 19.8 Å². The molecule has 1 atom stereocenters. The Morgan fingerprint density at radius 2 is 2.03 bits per heavy atom. The molecule has 1 saturated carbocycles. The van der Waals surface area contributed by atoms with Crippen LogP contribution < -0.4 is 10.6 Å². The van der Waals surface area contributed by atoms with Gasteiger partial charge in [-0.1, -0.05) is 5.11 Å². The standard InChI is InChI=1S/C22H18FN5O5/c23-17-9-14(5-8-16(17)22(30)33-25)21-27-18(11-31-21)19(10-26-28-24)32-15-6-3-13(4-7-15)20(29)12-1-2-12/h3-9,11-12,19H,1-2,10,25H2. The third-order valence-corrected chi connectivity index (χ3v) is 5.07. The van der Waals surface area contributed by atoms with Crippen LogP contribution >= 0.6 is 0 Å². The highest BCUT2D eigenvalue weighted by molar-refractivity contribution is 5.99. The maximum Gasteiger partial charge on any atom is 0.359 e. The molecule has 1 aromatic heterocycles. The Labute approximate surface area is 186 Å². The molecule has 0 amide bonds. The topological polar surface area (TPSA) is 153 Å². The number of hydrogen-bond donors (Lipinski definition) is 1. The number of carbonyl (C=O) groups is 2. The molecule has 2 N–H and O–H groups in total. The summed E-state index contributed by atoms with van der Waals surface area (Å²) in [5.41, 5.74) is 9.57. The minimum absolute atomic E-state index is 0.0662. The van der Waals surface area contributed by atoms with Crippen LogP contribution in [0.25, 0.3) is 21.9 Å². The number of Topliss-reactive ketones (excluding diaryl/α,β-unsaturated/α-hetero) is 1. The predicted molar refractivity (Wildman–Crippen MR) is 112 cm³/mol. The van der Waals surface area contributed by atoms with Gasteiger partial charge in [-0.25, -0.2) is 14.2 Å². The van der Waals surface area contributed by atoms with Crippen LogP contribution in [0.4, 0.5) is 4.39 Å². The number of nitrogens with two attached hydrogens (primary N) is 1. The number of nitrogens with zero attached hydrogens (tertiary/aromatic N) is 4. The highest BCUT2D eigenvalue weighted by Gasteiger charge is 2.30. The number of hydrogen-bond acceptors (Lipinski definition) is 8. The first-order chi connectivity index (χ1) is 16.0. The number of ketones is 1. The van der Waals surface area contributed by atoms with Crippen LogP contribution in [0.15, 0.2) is 58.3 Å². The Bertz CT molecular complexity index is 1230. The van der Waals surface area contributed by atoms with Gasteiger partial charge in [0.15, 0.2) is 5.78 Å². The number of halogens is 1. The molecule has 10 nitrogen and oxygen atoms in total. The molecule has 4 rings (SSSR count). The van der Waals surface area contributed by atoms with Gasteiger partial charge in [0.2, 0.25) is 5.89 Å². The normalized spacial score (nSPS) is 13.6. The van der Waals surface area contributed by atoms with Crippen LogP contribution in [0.2, 0.25) is 0 Å². The minimum Gasteiger partial charge on any atom is -0.484 e. The number of ether oxygens (including phenoxy) is 1. The first kappa shape index (κ1) is 22.0. The van der Waals surface area contributed by atoms with Crippen molar-refractivity contribution in [2.45, 2.75) is 18.9 Å². The summed E-state index contributed by atoms with van der Waals surface area (Å²) in [6.45, 7) is -0.0825. The zero-order valence-corrected chi connectivity index (χ0v) is 17.2. The summed E-state index contributed by atoms with van der Waals surface area (Å²) < 4.78 is 25.5. The summed E-state index contributed by atoms with van der Waals surface area (Å²) in [6.07, 6.45) is 2.35. The summed E-state index contributed by atoms with van der Waals surface area (Å²) in [4.78, 5) is 34.7. The molecule has 0 aliphatic heterocycles. The second-order valence-electron chi connectivity index (χ2n) is 7.36. The second-order valence-corrected chi connectivity index (χ2v) is 7.36. The SMILES string of the molecule is [N-]=[N+]=NCC(Oc1ccc(C(=O)C2CC2)cc1)c1coc(-c2ccc(C(=O)ON)c(F)c2)n1. The average molecular weight is 451 g/mol. The first-order valence-corrected chi connectivity index (χ1v) is 9.98. The highest BCUT2D eigenvalue weighted by Crippen LogP contribution is 2.33. The van der Waals surface area contributed by atoms with Crippen molar-refractivity contribution in [2.24, 2.45) is 16.9 Å². The molecule has 2 aromatic carbocycles. The van der Waals surface area contributed by atoms with E-state index in [0.717, 1.165) is 18.9 Å². The Kier molecular flexibility index (Phi) is 6.34. The van der Waals surface area contributed by atoms with E-state index in [1.165, 1.54) is 18.4 Å². The van der Waals surface area contributed by atoms with Crippen molar-refractivity contribution in [3.63, 3.8) is 0 Å². The quantitative estimate of drug-likeness (QED) is 0.165. The molecule has 1 fully saturated rings. The number of azide groups is 1. The lowest BCUT2D eigenvalue weighted by molar-refractivity contribution is 0.0498. The molecule has 0 saturated heterocycles. The van der Waals surface area contributed by atoms with Crippen molar-refractivity contribution in [1.29, 1.82) is 0 Å². The summed E-state index contributed by atoms with van der Waals surface area (Å²) in [5.74, 6) is 3.66. The number of benzene rings is 2. The fourth-order valence-electron chi connectivity index (χ4n) is 3.19. The van der Waals surface area contributed by atoms with Crippen molar-refractivity contribution < 1.29 is 28.0 Å². The molecule has 1 unspecified atom stereocenters. The van der Waals surface area contributed by atoms with Gasteiger partial charge < -0.3 is 14.0 Å². The zero-order valence-electron chi connectivity index (χ0n) is 17.2. The molecule has 168 valence electrons. The van der Waals surface area contributed by atoms with E-state index in [1.807, 2.05) is 0 Å². The van der Waals surface area contributed by atoms with Crippen molar-refractivity contribution in [1.82, 2.24) is 4.98 Å². The lowest BCUT2D eigenvalue weighted by Gasteiger charge is -2.15. The zero-order chi connectivity index (χ0) is 23.4. The van der Waals surface area contributed by atoms with Crippen LogP contribution in [0.5, 0.6) is 5.75 Å². The lowest BCUT2D eigenvalue weighted by Crippen LogP contribution is -2.12. The summed E-state index contributed by atoms with van der Waals surface area (Å²) in [7, 11) is 0. The van der Waals surface area contributed by atoms with E-state index in [-0.39, 0.29) is 35.3 Å². The van der Waals surface area contributed by atoms with Gasteiger partial charge in [0.1, 0.15) is 29.6 Å². The van der Waals surface area contributed by atoms with E-state index in [0.29, 0.717) is 17.0 Å². The lowest BCUT2D eigenvalue weighted by atomic mass is 10.1. The van der Waals surface area contributed by atoms with Gasteiger partial charge >= 0.3 is 5.97 Å². The maximum absolute atomic E-state index is 14.2. The van der Waals surface area contributed by atoms with Crippen molar-refractivity contribution in [3.8, 4) is 17.2 Å². The van der Waals surface area contributed by atoms with Gasteiger partial charge in [-0.15, -0.1) is 0 Å². The van der Waals surface area contributed by atoms with Crippen molar-refractivity contribution >= 4 is 11.8 Å². The van der Waals surface area contributed by atoms with E-state index >= 15 is 0 Å². The monoisotopic (exact) mass is 451 g/mol. The summed E-state index contributed by atoms with van der Waals surface area (Å²) >= 11 is 0. The van der Waals surface area contributed by atoms with Gasteiger partial charge in [-0.2, -0.15) is 5.90 Å².